The quantitative estimate of drug-likeness (QED) is 0.699. The third-order valence-electron chi connectivity index (χ3n) is 1.74. The van der Waals surface area contributed by atoms with Gasteiger partial charge in [-0.15, -0.1) is 0 Å². The van der Waals surface area contributed by atoms with Gasteiger partial charge in [-0.3, -0.25) is 0 Å². The van der Waals surface area contributed by atoms with Crippen molar-refractivity contribution in [1.82, 2.24) is 0 Å². The van der Waals surface area contributed by atoms with Gasteiger partial charge in [-0.25, -0.2) is 13.2 Å². The minimum Gasteiger partial charge on any atom is -0.427 e. The average molecular weight is 195 g/mol. The minimum atomic E-state index is -3.43. The zero-order chi connectivity index (χ0) is 9.99. The largest absolute Gasteiger partial charge is 0.427 e. The molecule has 0 aliphatic carbocycles. The number of nitrogens with two attached hydrogens (primary N) is 1. The molecule has 1 atom stereocenters. The number of primary amides is 1. The molecular formula is C6H13NO4S. The topological polar surface area (TPSA) is 86.5 Å². The van der Waals surface area contributed by atoms with E-state index in [1.54, 1.807) is 6.92 Å². The van der Waals surface area contributed by atoms with Crippen molar-refractivity contribution in [2.75, 3.05) is 6.26 Å². The van der Waals surface area contributed by atoms with E-state index in [0.29, 0.717) is 0 Å². The van der Waals surface area contributed by atoms with Crippen LogP contribution in [-0.2, 0) is 14.6 Å². The lowest BCUT2D eigenvalue weighted by Gasteiger charge is -2.24. The Morgan fingerprint density at radius 3 is 2.08 bits per heavy atom. The fourth-order valence-electron chi connectivity index (χ4n) is 0.623. The Kier molecular flexibility index (Phi) is 3.09. The van der Waals surface area contributed by atoms with E-state index in [-0.39, 0.29) is 6.42 Å². The van der Waals surface area contributed by atoms with E-state index in [9.17, 15) is 13.2 Å². The molecule has 1 unspecified atom stereocenters. The Morgan fingerprint density at radius 2 is 2.00 bits per heavy atom. The Hall–Kier alpha value is -0.780. The van der Waals surface area contributed by atoms with Crippen molar-refractivity contribution < 1.29 is 17.9 Å². The fraction of sp³-hybridized carbons (Fsp3) is 0.833. The van der Waals surface area contributed by atoms with Gasteiger partial charge in [0.05, 0.1) is 0 Å². The van der Waals surface area contributed by atoms with E-state index in [1.807, 2.05) is 0 Å². The smallest absolute Gasteiger partial charge is 0.406 e. The number of amides is 1. The Morgan fingerprint density at radius 1 is 1.58 bits per heavy atom. The van der Waals surface area contributed by atoms with Gasteiger partial charge in [0.2, 0.25) is 4.93 Å². The first kappa shape index (κ1) is 11.2. The van der Waals surface area contributed by atoms with E-state index in [1.165, 1.54) is 6.92 Å². The van der Waals surface area contributed by atoms with Crippen LogP contribution in [0, 0.1) is 0 Å². The zero-order valence-corrected chi connectivity index (χ0v) is 8.14. The number of sulfone groups is 1. The number of carbonyl (C=O) groups excluding carboxylic acids is 1. The van der Waals surface area contributed by atoms with Gasteiger partial charge in [0.25, 0.3) is 0 Å². The normalized spacial score (nSPS) is 16.6. The highest BCUT2D eigenvalue weighted by molar-refractivity contribution is 7.91. The van der Waals surface area contributed by atoms with Crippen LogP contribution < -0.4 is 5.73 Å². The van der Waals surface area contributed by atoms with Crippen molar-refractivity contribution in [2.24, 2.45) is 5.73 Å². The number of hydrogen-bond donors (Lipinski definition) is 1. The zero-order valence-electron chi connectivity index (χ0n) is 7.33. The molecule has 72 valence electrons. The molecule has 0 saturated carbocycles. The molecule has 0 aromatic rings. The lowest BCUT2D eigenvalue weighted by Crippen LogP contribution is -2.40. The molecule has 0 bridgehead atoms. The van der Waals surface area contributed by atoms with Gasteiger partial charge in [0, 0.05) is 6.26 Å². The van der Waals surface area contributed by atoms with E-state index in [0.717, 1.165) is 6.26 Å². The van der Waals surface area contributed by atoms with Crippen LogP contribution in [0.3, 0.4) is 0 Å². The molecule has 0 heterocycles. The van der Waals surface area contributed by atoms with E-state index in [4.69, 9.17) is 5.73 Å². The second-order valence-electron chi connectivity index (χ2n) is 2.68. The van der Waals surface area contributed by atoms with Crippen LogP contribution in [0.2, 0.25) is 0 Å². The van der Waals surface area contributed by atoms with Gasteiger partial charge in [-0.2, -0.15) is 0 Å². The Balaban J connectivity index is 4.82. The number of ether oxygens (including phenoxy) is 1. The van der Waals surface area contributed by atoms with E-state index < -0.39 is 20.9 Å². The molecular weight excluding hydrogens is 182 g/mol. The molecule has 0 aromatic carbocycles. The molecule has 12 heavy (non-hydrogen) atoms. The van der Waals surface area contributed by atoms with Gasteiger partial charge < -0.3 is 10.5 Å². The maximum absolute atomic E-state index is 11.1. The maximum atomic E-state index is 11.1. The van der Waals surface area contributed by atoms with Gasteiger partial charge in [0.15, 0.2) is 9.84 Å². The first-order valence-electron chi connectivity index (χ1n) is 3.41. The fourth-order valence-corrected chi connectivity index (χ4v) is 1.38. The van der Waals surface area contributed by atoms with Crippen molar-refractivity contribution in [1.29, 1.82) is 0 Å². The SMILES string of the molecule is CCC(C)(OC(N)=O)S(C)(=O)=O. The second-order valence-corrected chi connectivity index (χ2v) is 5.09. The molecule has 0 aliphatic heterocycles. The number of rotatable bonds is 3. The molecule has 5 nitrogen and oxygen atoms in total. The summed E-state index contributed by atoms with van der Waals surface area (Å²) in [6.45, 7) is 2.91. The maximum Gasteiger partial charge on any atom is 0.406 e. The molecule has 1 amide bonds. The van der Waals surface area contributed by atoms with Crippen LogP contribution in [0.1, 0.15) is 20.3 Å². The summed E-state index contributed by atoms with van der Waals surface area (Å²) in [6, 6.07) is 0. The summed E-state index contributed by atoms with van der Waals surface area (Å²) in [5.74, 6) is 0. The summed E-state index contributed by atoms with van der Waals surface area (Å²) in [7, 11) is -3.43. The second kappa shape index (κ2) is 3.30. The summed E-state index contributed by atoms with van der Waals surface area (Å²) in [6.07, 6.45) is 0.0959. The molecule has 0 radical (unpaired) electrons. The molecule has 0 aliphatic rings. The monoisotopic (exact) mass is 195 g/mol. The van der Waals surface area contributed by atoms with Crippen molar-refractivity contribution in [3.05, 3.63) is 0 Å². The minimum absolute atomic E-state index is 0.175. The third kappa shape index (κ3) is 2.37. The Labute approximate surface area is 71.8 Å². The average Bonchev–Trinajstić information content (AvgIpc) is 1.83. The van der Waals surface area contributed by atoms with E-state index in [2.05, 4.69) is 4.74 Å². The highest BCUT2D eigenvalue weighted by atomic mass is 32.2. The van der Waals surface area contributed by atoms with E-state index >= 15 is 0 Å². The van der Waals surface area contributed by atoms with Crippen LogP contribution in [0.25, 0.3) is 0 Å². The van der Waals surface area contributed by atoms with Crippen molar-refractivity contribution in [3.8, 4) is 0 Å². The first-order chi connectivity index (χ1) is 5.23. The molecule has 0 saturated heterocycles. The van der Waals surface area contributed by atoms with Crippen LogP contribution in [0.5, 0.6) is 0 Å². The standard InChI is InChI=1S/C6H13NO4S/c1-4-6(2,11-5(7)8)12(3,9)10/h4H2,1-3H3,(H2,7,8). The van der Waals surface area contributed by atoms with Crippen molar-refractivity contribution in [3.63, 3.8) is 0 Å². The number of carbonyl (C=O) groups is 1. The van der Waals surface area contributed by atoms with Gasteiger partial charge in [0.1, 0.15) is 0 Å². The predicted molar refractivity (Wildman–Crippen MR) is 44.2 cm³/mol. The molecule has 0 fully saturated rings. The lowest BCUT2D eigenvalue weighted by atomic mass is 10.3. The van der Waals surface area contributed by atoms with Crippen molar-refractivity contribution >= 4 is 15.9 Å². The summed E-state index contributed by atoms with van der Waals surface area (Å²) < 4.78 is 26.7. The Bertz CT molecular complexity index is 271. The highest BCUT2D eigenvalue weighted by Crippen LogP contribution is 2.21. The highest BCUT2D eigenvalue weighted by Gasteiger charge is 2.37. The summed E-state index contributed by atoms with van der Waals surface area (Å²) in [5, 5.41) is 0. The van der Waals surface area contributed by atoms with Crippen LogP contribution in [-0.4, -0.2) is 25.7 Å². The molecule has 2 N–H and O–H groups in total. The molecule has 0 aromatic heterocycles. The summed E-state index contributed by atoms with van der Waals surface area (Å²) in [4.78, 5) is 8.85. The van der Waals surface area contributed by atoms with Gasteiger partial charge in [-0.05, 0) is 13.3 Å². The van der Waals surface area contributed by atoms with Crippen molar-refractivity contribution in [2.45, 2.75) is 25.2 Å². The van der Waals surface area contributed by atoms with Gasteiger partial charge >= 0.3 is 6.09 Å². The third-order valence-corrected chi connectivity index (χ3v) is 3.68. The molecule has 0 spiro atoms. The predicted octanol–water partition coefficient (Wildman–Crippen LogP) is 0.253. The lowest BCUT2D eigenvalue weighted by molar-refractivity contribution is 0.0862. The molecule has 6 heteroatoms. The van der Waals surface area contributed by atoms with Crippen LogP contribution in [0.4, 0.5) is 4.79 Å². The van der Waals surface area contributed by atoms with Crippen LogP contribution in [0.15, 0.2) is 0 Å². The number of hydrogen-bond acceptors (Lipinski definition) is 4. The first-order valence-corrected chi connectivity index (χ1v) is 5.30. The molecule has 0 rings (SSSR count). The van der Waals surface area contributed by atoms with Crippen LogP contribution >= 0.6 is 0 Å². The van der Waals surface area contributed by atoms with Gasteiger partial charge in [-0.1, -0.05) is 6.92 Å². The summed E-state index contributed by atoms with van der Waals surface area (Å²) >= 11 is 0. The summed E-state index contributed by atoms with van der Waals surface area (Å²) in [5.41, 5.74) is 4.73.